The third-order valence-electron chi connectivity index (χ3n) is 2.63. The van der Waals surface area contributed by atoms with E-state index in [1.807, 2.05) is 0 Å². The summed E-state index contributed by atoms with van der Waals surface area (Å²) in [5.41, 5.74) is -0.682. The van der Waals surface area contributed by atoms with Crippen molar-refractivity contribution >= 4 is 11.6 Å². The SMILES string of the molecule is Fc1ccc(C(F)(F)F)cc1-n1cc(CCCCl)nn1. The van der Waals surface area contributed by atoms with E-state index in [-0.39, 0.29) is 5.69 Å². The zero-order valence-corrected chi connectivity index (χ0v) is 10.9. The molecule has 0 fully saturated rings. The summed E-state index contributed by atoms with van der Waals surface area (Å²) in [6.07, 6.45) is -1.95. The molecule has 0 saturated carbocycles. The molecule has 8 heteroatoms. The van der Waals surface area contributed by atoms with Gasteiger partial charge in [0.2, 0.25) is 0 Å². The zero-order chi connectivity index (χ0) is 14.8. The number of hydrogen-bond acceptors (Lipinski definition) is 2. The highest BCUT2D eigenvalue weighted by Gasteiger charge is 2.31. The van der Waals surface area contributed by atoms with Crippen molar-refractivity contribution in [3.63, 3.8) is 0 Å². The molecular weight excluding hydrogens is 298 g/mol. The molecule has 108 valence electrons. The smallest absolute Gasteiger partial charge is 0.217 e. The minimum Gasteiger partial charge on any atom is -0.217 e. The first-order valence-electron chi connectivity index (χ1n) is 5.76. The molecule has 0 unspecified atom stereocenters. The molecule has 1 aromatic heterocycles. The average molecular weight is 308 g/mol. The number of halogens is 5. The van der Waals surface area contributed by atoms with Crippen molar-refractivity contribution in [3.05, 3.63) is 41.5 Å². The van der Waals surface area contributed by atoms with E-state index >= 15 is 0 Å². The van der Waals surface area contributed by atoms with Crippen LogP contribution in [0.25, 0.3) is 5.69 Å². The Morgan fingerprint density at radius 3 is 2.65 bits per heavy atom. The van der Waals surface area contributed by atoms with Crippen molar-refractivity contribution in [1.29, 1.82) is 0 Å². The fraction of sp³-hybridized carbons (Fsp3) is 0.333. The van der Waals surface area contributed by atoms with Crippen molar-refractivity contribution < 1.29 is 17.6 Å². The minimum absolute atomic E-state index is 0.288. The molecule has 0 aliphatic rings. The fourth-order valence-corrected chi connectivity index (χ4v) is 1.78. The van der Waals surface area contributed by atoms with Gasteiger partial charge in [0.15, 0.2) is 0 Å². The first-order valence-corrected chi connectivity index (χ1v) is 6.29. The Balaban J connectivity index is 2.34. The second-order valence-corrected chi connectivity index (χ2v) is 4.49. The van der Waals surface area contributed by atoms with Gasteiger partial charge in [-0.05, 0) is 31.0 Å². The van der Waals surface area contributed by atoms with Crippen LogP contribution in [0.3, 0.4) is 0 Å². The number of alkyl halides is 4. The van der Waals surface area contributed by atoms with Crippen LogP contribution in [0.2, 0.25) is 0 Å². The first-order chi connectivity index (χ1) is 9.41. The zero-order valence-electron chi connectivity index (χ0n) is 10.2. The standard InChI is InChI=1S/C12H10ClF4N3/c13-5-1-2-9-7-20(19-18-9)11-6-8(12(15,16)17)3-4-10(11)14/h3-4,6-7H,1-2,5H2. The summed E-state index contributed by atoms with van der Waals surface area (Å²) < 4.78 is 52.4. The van der Waals surface area contributed by atoms with Crippen molar-refractivity contribution in [1.82, 2.24) is 15.0 Å². The van der Waals surface area contributed by atoms with E-state index in [0.717, 1.165) is 10.7 Å². The molecule has 2 rings (SSSR count). The van der Waals surface area contributed by atoms with Crippen LogP contribution in [0.1, 0.15) is 17.7 Å². The topological polar surface area (TPSA) is 30.7 Å². The number of benzene rings is 1. The van der Waals surface area contributed by atoms with Gasteiger partial charge < -0.3 is 0 Å². The highest BCUT2D eigenvalue weighted by molar-refractivity contribution is 6.17. The Kier molecular flexibility index (Phi) is 4.27. The molecule has 2 aromatic rings. The molecule has 0 bridgehead atoms. The summed E-state index contributed by atoms with van der Waals surface area (Å²) >= 11 is 5.53. The average Bonchev–Trinajstić information content (AvgIpc) is 2.84. The van der Waals surface area contributed by atoms with Gasteiger partial charge in [0, 0.05) is 5.88 Å². The molecule has 3 nitrogen and oxygen atoms in total. The number of hydrogen-bond donors (Lipinski definition) is 0. The van der Waals surface area contributed by atoms with Crippen LogP contribution in [0.5, 0.6) is 0 Å². The maximum atomic E-state index is 13.6. The van der Waals surface area contributed by atoms with Crippen LogP contribution in [-0.2, 0) is 12.6 Å². The minimum atomic E-state index is -4.54. The van der Waals surface area contributed by atoms with Crippen LogP contribution >= 0.6 is 11.6 Å². The van der Waals surface area contributed by atoms with E-state index in [0.29, 0.717) is 36.5 Å². The highest BCUT2D eigenvalue weighted by atomic mass is 35.5. The van der Waals surface area contributed by atoms with Crippen molar-refractivity contribution in [3.8, 4) is 5.69 Å². The summed E-state index contributed by atoms with van der Waals surface area (Å²) in [4.78, 5) is 0. The van der Waals surface area contributed by atoms with Gasteiger partial charge in [-0.1, -0.05) is 5.21 Å². The van der Waals surface area contributed by atoms with Gasteiger partial charge in [0.25, 0.3) is 0 Å². The summed E-state index contributed by atoms with van der Waals surface area (Å²) in [5, 5.41) is 7.41. The van der Waals surface area contributed by atoms with E-state index in [2.05, 4.69) is 10.3 Å². The Labute approximate surface area is 117 Å². The molecular formula is C12H10ClF4N3. The van der Waals surface area contributed by atoms with Gasteiger partial charge in [-0.25, -0.2) is 9.07 Å². The lowest BCUT2D eigenvalue weighted by molar-refractivity contribution is -0.137. The van der Waals surface area contributed by atoms with Crippen LogP contribution in [0.4, 0.5) is 17.6 Å². The number of aryl methyl sites for hydroxylation is 1. The van der Waals surface area contributed by atoms with Crippen LogP contribution in [-0.4, -0.2) is 20.9 Å². The van der Waals surface area contributed by atoms with Crippen LogP contribution in [0, 0.1) is 5.82 Å². The number of nitrogens with zero attached hydrogens (tertiary/aromatic N) is 3. The van der Waals surface area contributed by atoms with E-state index in [4.69, 9.17) is 11.6 Å². The maximum absolute atomic E-state index is 13.6. The van der Waals surface area contributed by atoms with Crippen molar-refractivity contribution in [2.45, 2.75) is 19.0 Å². The first kappa shape index (κ1) is 14.8. The van der Waals surface area contributed by atoms with Crippen LogP contribution < -0.4 is 0 Å². The maximum Gasteiger partial charge on any atom is 0.416 e. The second kappa shape index (κ2) is 5.78. The highest BCUT2D eigenvalue weighted by Crippen LogP contribution is 2.31. The van der Waals surface area contributed by atoms with Gasteiger partial charge in [-0.3, -0.25) is 0 Å². The van der Waals surface area contributed by atoms with Gasteiger partial charge in [0.1, 0.15) is 11.5 Å². The lowest BCUT2D eigenvalue weighted by atomic mass is 10.2. The quantitative estimate of drug-likeness (QED) is 0.638. The summed E-state index contributed by atoms with van der Waals surface area (Å²) in [5.74, 6) is -0.364. The predicted molar refractivity (Wildman–Crippen MR) is 65.4 cm³/mol. The summed E-state index contributed by atoms with van der Waals surface area (Å²) in [6, 6.07) is 2.15. The largest absolute Gasteiger partial charge is 0.416 e. The van der Waals surface area contributed by atoms with E-state index in [1.165, 1.54) is 6.20 Å². The molecule has 0 atom stereocenters. The Morgan fingerprint density at radius 1 is 1.25 bits per heavy atom. The van der Waals surface area contributed by atoms with Crippen LogP contribution in [0.15, 0.2) is 24.4 Å². The molecule has 0 saturated heterocycles. The molecule has 0 aliphatic carbocycles. The summed E-state index contributed by atoms with van der Waals surface area (Å²) in [7, 11) is 0. The van der Waals surface area contributed by atoms with Gasteiger partial charge in [-0.15, -0.1) is 16.7 Å². The molecule has 0 amide bonds. The number of aromatic nitrogens is 3. The van der Waals surface area contributed by atoms with Gasteiger partial charge in [0.05, 0.1) is 17.5 Å². The number of rotatable bonds is 4. The molecule has 0 radical (unpaired) electrons. The molecule has 0 N–H and O–H groups in total. The van der Waals surface area contributed by atoms with Gasteiger partial charge >= 0.3 is 6.18 Å². The Morgan fingerprint density at radius 2 is 2.00 bits per heavy atom. The monoisotopic (exact) mass is 307 g/mol. The third kappa shape index (κ3) is 3.27. The normalized spacial score (nSPS) is 11.8. The van der Waals surface area contributed by atoms with Gasteiger partial charge in [-0.2, -0.15) is 13.2 Å². The van der Waals surface area contributed by atoms with Crippen molar-refractivity contribution in [2.24, 2.45) is 0 Å². The lowest BCUT2D eigenvalue weighted by Crippen LogP contribution is -2.08. The second-order valence-electron chi connectivity index (χ2n) is 4.11. The molecule has 0 spiro atoms. The van der Waals surface area contributed by atoms with Crippen molar-refractivity contribution in [2.75, 3.05) is 5.88 Å². The van der Waals surface area contributed by atoms with E-state index in [1.54, 1.807) is 0 Å². The molecule has 20 heavy (non-hydrogen) atoms. The van der Waals surface area contributed by atoms with E-state index < -0.39 is 17.6 Å². The lowest BCUT2D eigenvalue weighted by Gasteiger charge is -2.09. The summed E-state index contributed by atoms with van der Waals surface area (Å²) in [6.45, 7) is 0. The van der Waals surface area contributed by atoms with E-state index in [9.17, 15) is 17.6 Å². The Bertz CT molecular complexity index is 595. The molecule has 1 heterocycles. The fourth-order valence-electron chi connectivity index (χ4n) is 1.64. The third-order valence-corrected chi connectivity index (χ3v) is 2.89. The predicted octanol–water partition coefficient (Wildman–Crippen LogP) is 3.60. The molecule has 1 aromatic carbocycles. The Hall–Kier alpha value is -1.63. The molecule has 0 aliphatic heterocycles.